The molecular weight excluding hydrogens is 332 g/mol. The van der Waals surface area contributed by atoms with Crippen molar-refractivity contribution in [1.29, 1.82) is 0 Å². The van der Waals surface area contributed by atoms with Crippen LogP contribution in [0.5, 0.6) is 0 Å². The van der Waals surface area contributed by atoms with E-state index in [-0.39, 0.29) is 5.60 Å². The highest BCUT2D eigenvalue weighted by Crippen LogP contribution is 2.61. The minimum atomic E-state index is -0.248. The molecule has 4 aliphatic carbocycles. The highest BCUT2D eigenvalue weighted by atomic mass is 35.5. The lowest BCUT2D eigenvalue weighted by Crippen LogP contribution is -2.69. The van der Waals surface area contributed by atoms with Crippen LogP contribution < -0.4 is 0 Å². The van der Waals surface area contributed by atoms with Gasteiger partial charge in [0.25, 0.3) is 0 Å². The molecule has 1 heterocycles. The molecule has 1 aromatic heterocycles. The summed E-state index contributed by atoms with van der Waals surface area (Å²) in [5.74, 6) is 2.01. The van der Waals surface area contributed by atoms with Crippen molar-refractivity contribution in [3.05, 3.63) is 29.0 Å². The highest BCUT2D eigenvalue weighted by Gasteiger charge is 2.60. The Kier molecular flexibility index (Phi) is 4.62. The predicted octanol–water partition coefficient (Wildman–Crippen LogP) is 4.89. The van der Waals surface area contributed by atoms with Crippen molar-refractivity contribution in [3.63, 3.8) is 0 Å². The van der Waals surface area contributed by atoms with Crippen LogP contribution in [0.2, 0.25) is 5.15 Å². The van der Waals surface area contributed by atoms with Gasteiger partial charge in [-0.25, -0.2) is 4.98 Å². The average molecular weight is 363 g/mol. The Morgan fingerprint density at radius 2 is 2.08 bits per heavy atom. The van der Waals surface area contributed by atoms with E-state index in [1.807, 2.05) is 19.4 Å². The van der Waals surface area contributed by atoms with E-state index in [0.29, 0.717) is 22.5 Å². The smallest absolute Gasteiger partial charge is 0.129 e. The number of rotatable bonds is 6. The summed E-state index contributed by atoms with van der Waals surface area (Å²) in [5, 5.41) is 0.567. The van der Waals surface area contributed by atoms with Gasteiger partial charge >= 0.3 is 0 Å². The van der Waals surface area contributed by atoms with Crippen molar-refractivity contribution < 1.29 is 4.74 Å². The third kappa shape index (κ3) is 2.65. The van der Waals surface area contributed by atoms with Crippen LogP contribution in [-0.4, -0.2) is 35.6 Å². The van der Waals surface area contributed by atoms with E-state index in [9.17, 15) is 0 Å². The normalized spacial score (nSPS) is 39.8. The van der Waals surface area contributed by atoms with Crippen molar-refractivity contribution in [1.82, 2.24) is 9.88 Å². The van der Waals surface area contributed by atoms with Crippen LogP contribution in [0.25, 0.3) is 0 Å². The molecule has 3 nitrogen and oxygen atoms in total. The molecule has 4 aliphatic rings. The molecule has 4 saturated carbocycles. The zero-order chi connectivity index (χ0) is 17.7. The van der Waals surface area contributed by atoms with Gasteiger partial charge in [-0.3, -0.25) is 4.90 Å². The molecule has 0 saturated heterocycles. The Hall–Kier alpha value is -0.640. The summed E-state index contributed by atoms with van der Waals surface area (Å²) in [5.41, 5.74) is 1.48. The Morgan fingerprint density at radius 3 is 2.64 bits per heavy atom. The van der Waals surface area contributed by atoms with Crippen LogP contribution in [-0.2, 0) is 10.3 Å². The molecule has 4 heteroatoms. The molecule has 1 aromatic rings. The molecule has 3 atom stereocenters. The third-order valence-electron chi connectivity index (χ3n) is 7.54. The van der Waals surface area contributed by atoms with E-state index in [1.165, 1.54) is 44.1 Å². The van der Waals surface area contributed by atoms with Gasteiger partial charge in [0.05, 0.1) is 5.60 Å². The fourth-order valence-electron chi connectivity index (χ4n) is 6.12. The van der Waals surface area contributed by atoms with Gasteiger partial charge in [-0.2, -0.15) is 0 Å². The minimum Gasteiger partial charge on any atom is -0.373 e. The van der Waals surface area contributed by atoms with Crippen LogP contribution in [0.4, 0.5) is 0 Å². The number of methoxy groups -OCH3 is 1. The molecule has 2 bridgehead atoms. The zero-order valence-electron chi connectivity index (χ0n) is 15.8. The van der Waals surface area contributed by atoms with Crippen LogP contribution >= 0.6 is 11.6 Å². The van der Waals surface area contributed by atoms with Gasteiger partial charge in [-0.1, -0.05) is 31.9 Å². The first-order valence-electron chi connectivity index (χ1n) is 9.96. The molecule has 0 N–H and O–H groups in total. The summed E-state index contributed by atoms with van der Waals surface area (Å²) in [6, 6.07) is 4.14. The number of halogens is 1. The Morgan fingerprint density at radius 1 is 1.32 bits per heavy atom. The molecule has 4 fully saturated rings. The van der Waals surface area contributed by atoms with Crippen molar-refractivity contribution in [2.75, 3.05) is 20.2 Å². The molecular formula is C21H31ClN2O. The number of hydrogen-bond acceptors (Lipinski definition) is 3. The summed E-state index contributed by atoms with van der Waals surface area (Å²) in [7, 11) is 1.89. The number of pyridine rings is 1. The molecule has 5 rings (SSSR count). The average Bonchev–Trinajstić information content (AvgIpc) is 2.52. The molecule has 0 amide bonds. The highest BCUT2D eigenvalue weighted by molar-refractivity contribution is 6.29. The lowest BCUT2D eigenvalue weighted by atomic mass is 9.49. The Labute approximate surface area is 157 Å². The molecule has 0 radical (unpaired) electrons. The van der Waals surface area contributed by atoms with Crippen molar-refractivity contribution in [2.45, 2.75) is 63.5 Å². The summed E-state index contributed by atoms with van der Waals surface area (Å²) >= 11 is 6.24. The second kappa shape index (κ2) is 6.51. The van der Waals surface area contributed by atoms with Crippen LogP contribution in [0.15, 0.2) is 18.3 Å². The van der Waals surface area contributed by atoms with Gasteiger partial charge in [-0.15, -0.1) is 0 Å². The quantitative estimate of drug-likeness (QED) is 0.674. The fourth-order valence-corrected chi connectivity index (χ4v) is 6.30. The molecule has 138 valence electrons. The van der Waals surface area contributed by atoms with Gasteiger partial charge in [0, 0.05) is 31.3 Å². The van der Waals surface area contributed by atoms with E-state index in [1.54, 1.807) is 0 Å². The first kappa shape index (κ1) is 17.8. The van der Waals surface area contributed by atoms with Crippen LogP contribution in [0, 0.1) is 17.8 Å². The maximum Gasteiger partial charge on any atom is 0.129 e. The van der Waals surface area contributed by atoms with Crippen molar-refractivity contribution >= 4 is 11.6 Å². The summed E-state index contributed by atoms with van der Waals surface area (Å²) < 4.78 is 6.35. The molecule has 0 aliphatic heterocycles. The maximum absolute atomic E-state index is 6.35. The van der Waals surface area contributed by atoms with Gasteiger partial charge in [-0.05, 0) is 68.2 Å². The summed E-state index contributed by atoms with van der Waals surface area (Å²) in [6.07, 6.45) is 9.83. The van der Waals surface area contributed by atoms with Gasteiger partial charge in [0.2, 0.25) is 0 Å². The van der Waals surface area contributed by atoms with Gasteiger partial charge in [0.15, 0.2) is 0 Å². The van der Waals surface area contributed by atoms with E-state index < -0.39 is 0 Å². The van der Waals surface area contributed by atoms with E-state index in [2.05, 4.69) is 29.8 Å². The van der Waals surface area contributed by atoms with E-state index in [4.69, 9.17) is 16.3 Å². The fraction of sp³-hybridized carbons (Fsp3) is 0.762. The first-order valence-corrected chi connectivity index (χ1v) is 10.3. The number of nitrogens with zero attached hydrogens (tertiary/aromatic N) is 2. The first-order chi connectivity index (χ1) is 12.0. The number of ether oxygens (including phenoxy) is 1. The summed E-state index contributed by atoms with van der Waals surface area (Å²) in [4.78, 5) is 6.96. The van der Waals surface area contributed by atoms with Crippen LogP contribution in [0.1, 0.15) is 57.9 Å². The molecule has 25 heavy (non-hydrogen) atoms. The lowest BCUT2D eigenvalue weighted by Gasteiger charge is -2.67. The van der Waals surface area contributed by atoms with Gasteiger partial charge in [0.1, 0.15) is 5.15 Å². The Balaban J connectivity index is 1.65. The summed E-state index contributed by atoms with van der Waals surface area (Å²) in [6.45, 7) is 6.96. The third-order valence-corrected chi connectivity index (χ3v) is 7.75. The van der Waals surface area contributed by atoms with Crippen molar-refractivity contribution in [3.8, 4) is 0 Å². The van der Waals surface area contributed by atoms with E-state index in [0.717, 1.165) is 19.0 Å². The Bertz CT molecular complexity index is 619. The standard InChI is InChI=1S/C21H31ClN2O/c1-4-24(20-11-16(12-20)13-20)14-18-7-5-6-15(2)21(18,25-3)17-8-9-23-19(22)10-17/h8-10,15-16,18H,4-7,11-14H2,1-3H3. The predicted molar refractivity (Wildman–Crippen MR) is 102 cm³/mol. The van der Waals surface area contributed by atoms with E-state index >= 15 is 0 Å². The van der Waals surface area contributed by atoms with Crippen LogP contribution in [0.3, 0.4) is 0 Å². The zero-order valence-corrected chi connectivity index (χ0v) is 16.6. The number of hydrogen-bond donors (Lipinski definition) is 0. The topological polar surface area (TPSA) is 25.4 Å². The maximum atomic E-state index is 6.35. The second-order valence-corrected chi connectivity index (χ2v) is 9.02. The SMILES string of the molecule is CCN(CC1CCCC(C)C1(OC)c1ccnc(Cl)c1)C12CC(C1)C2. The lowest BCUT2D eigenvalue weighted by molar-refractivity contribution is -0.178. The second-order valence-electron chi connectivity index (χ2n) is 8.63. The molecule has 0 aromatic carbocycles. The minimum absolute atomic E-state index is 0.248. The molecule has 0 spiro atoms. The largest absolute Gasteiger partial charge is 0.373 e. The monoisotopic (exact) mass is 362 g/mol. The van der Waals surface area contributed by atoms with Crippen molar-refractivity contribution in [2.24, 2.45) is 17.8 Å². The van der Waals surface area contributed by atoms with Gasteiger partial charge < -0.3 is 4.74 Å². The molecule has 3 unspecified atom stereocenters. The number of aromatic nitrogens is 1.